The molecule has 0 amide bonds. The van der Waals surface area contributed by atoms with Crippen LogP contribution in [0.2, 0.25) is 0 Å². The third-order valence-corrected chi connectivity index (χ3v) is 5.70. The molecular formula is C20H19N5O. The lowest BCUT2D eigenvalue weighted by Gasteiger charge is -2.10. The molecule has 1 aromatic carbocycles. The summed E-state index contributed by atoms with van der Waals surface area (Å²) >= 11 is 0. The number of aryl methyl sites for hydroxylation is 1. The Kier molecular flexibility index (Phi) is 3.44. The number of hydrogen-bond donors (Lipinski definition) is 2. The van der Waals surface area contributed by atoms with E-state index in [2.05, 4.69) is 26.3 Å². The average molecular weight is 345 g/mol. The fraction of sp³-hybridized carbons (Fsp3) is 0.350. The van der Waals surface area contributed by atoms with Crippen molar-refractivity contribution in [1.29, 1.82) is 5.26 Å². The SMILES string of the molecule is Cc1nc(-c2c[nH]c3c(C#N)cccc23)cnc1OC[C@H]1[C@@H]2CNC[C@@H]21. The Balaban J connectivity index is 1.39. The quantitative estimate of drug-likeness (QED) is 0.759. The van der Waals surface area contributed by atoms with Crippen LogP contribution in [0, 0.1) is 36.0 Å². The van der Waals surface area contributed by atoms with Crippen LogP contribution in [0.5, 0.6) is 5.88 Å². The van der Waals surface area contributed by atoms with Gasteiger partial charge in [-0.2, -0.15) is 5.26 Å². The Hall–Kier alpha value is -2.91. The molecule has 3 heterocycles. The molecule has 6 heteroatoms. The molecule has 1 aliphatic heterocycles. The minimum atomic E-state index is 0.615. The van der Waals surface area contributed by atoms with Crippen molar-refractivity contribution in [2.24, 2.45) is 17.8 Å². The van der Waals surface area contributed by atoms with E-state index in [1.165, 1.54) is 0 Å². The molecule has 1 saturated heterocycles. The number of aromatic nitrogens is 3. The minimum Gasteiger partial charge on any atom is -0.476 e. The van der Waals surface area contributed by atoms with E-state index in [0.717, 1.165) is 59.4 Å². The third-order valence-electron chi connectivity index (χ3n) is 5.70. The highest BCUT2D eigenvalue weighted by Crippen LogP contribution is 2.48. The number of ether oxygens (including phenoxy) is 1. The van der Waals surface area contributed by atoms with Gasteiger partial charge < -0.3 is 15.0 Å². The summed E-state index contributed by atoms with van der Waals surface area (Å²) < 4.78 is 5.94. The third kappa shape index (κ3) is 2.36. The van der Waals surface area contributed by atoms with Gasteiger partial charge in [-0.1, -0.05) is 12.1 Å². The van der Waals surface area contributed by atoms with Gasteiger partial charge in [0.2, 0.25) is 5.88 Å². The van der Waals surface area contributed by atoms with Gasteiger partial charge in [0.15, 0.2) is 0 Å². The van der Waals surface area contributed by atoms with Gasteiger partial charge in [0.1, 0.15) is 11.8 Å². The number of nitriles is 1. The fourth-order valence-corrected chi connectivity index (χ4v) is 4.17. The van der Waals surface area contributed by atoms with Crippen LogP contribution in [0.25, 0.3) is 22.2 Å². The number of benzene rings is 1. The van der Waals surface area contributed by atoms with Crippen LogP contribution in [0.1, 0.15) is 11.3 Å². The van der Waals surface area contributed by atoms with Gasteiger partial charge in [-0.3, -0.25) is 0 Å². The molecule has 1 aliphatic carbocycles. The maximum absolute atomic E-state index is 9.25. The van der Waals surface area contributed by atoms with Gasteiger partial charge in [0.25, 0.3) is 0 Å². The van der Waals surface area contributed by atoms with Crippen LogP contribution in [0.3, 0.4) is 0 Å². The summed E-state index contributed by atoms with van der Waals surface area (Å²) in [6.07, 6.45) is 3.63. The number of hydrogen-bond acceptors (Lipinski definition) is 5. The molecular weight excluding hydrogens is 326 g/mol. The molecule has 6 nitrogen and oxygen atoms in total. The molecule has 3 aromatic rings. The molecule has 2 fully saturated rings. The first-order chi connectivity index (χ1) is 12.8. The molecule has 2 aliphatic rings. The zero-order valence-corrected chi connectivity index (χ0v) is 14.5. The normalized spacial score (nSPS) is 23.6. The lowest BCUT2D eigenvalue weighted by Crippen LogP contribution is -2.18. The van der Waals surface area contributed by atoms with Gasteiger partial charge >= 0.3 is 0 Å². The number of H-pyrrole nitrogens is 1. The predicted octanol–water partition coefficient (Wildman–Crippen LogP) is 2.65. The van der Waals surface area contributed by atoms with Gasteiger partial charge in [0, 0.05) is 23.1 Å². The van der Waals surface area contributed by atoms with Crippen molar-refractivity contribution >= 4 is 10.9 Å². The molecule has 26 heavy (non-hydrogen) atoms. The summed E-state index contributed by atoms with van der Waals surface area (Å²) in [5, 5.41) is 13.6. The molecule has 0 spiro atoms. The second-order valence-electron chi connectivity index (χ2n) is 7.15. The number of fused-ring (bicyclic) bond motifs is 2. The maximum Gasteiger partial charge on any atom is 0.235 e. The predicted molar refractivity (Wildman–Crippen MR) is 97.6 cm³/mol. The van der Waals surface area contributed by atoms with E-state index >= 15 is 0 Å². The smallest absolute Gasteiger partial charge is 0.235 e. The molecule has 3 atom stereocenters. The van der Waals surface area contributed by atoms with Gasteiger partial charge in [-0.25, -0.2) is 9.97 Å². The van der Waals surface area contributed by atoms with Crippen molar-refractivity contribution in [3.8, 4) is 23.2 Å². The Bertz CT molecular complexity index is 1020. The van der Waals surface area contributed by atoms with E-state index in [-0.39, 0.29) is 0 Å². The molecule has 5 rings (SSSR count). The Morgan fingerprint density at radius 3 is 2.92 bits per heavy atom. The lowest BCUT2D eigenvalue weighted by atomic mass is 10.1. The van der Waals surface area contributed by atoms with Crippen molar-refractivity contribution in [2.75, 3.05) is 19.7 Å². The second kappa shape index (κ2) is 5.82. The van der Waals surface area contributed by atoms with Crippen LogP contribution in [0.15, 0.2) is 30.6 Å². The summed E-state index contributed by atoms with van der Waals surface area (Å²) in [6, 6.07) is 7.89. The highest BCUT2D eigenvalue weighted by atomic mass is 16.5. The Labute approximate surface area is 151 Å². The van der Waals surface area contributed by atoms with E-state index in [9.17, 15) is 5.26 Å². The topological polar surface area (TPSA) is 86.6 Å². The summed E-state index contributed by atoms with van der Waals surface area (Å²) in [4.78, 5) is 12.4. The largest absolute Gasteiger partial charge is 0.476 e. The molecule has 2 N–H and O–H groups in total. The molecule has 0 unspecified atom stereocenters. The first kappa shape index (κ1) is 15.4. The maximum atomic E-state index is 9.25. The molecule has 2 aromatic heterocycles. The first-order valence-corrected chi connectivity index (χ1v) is 8.94. The zero-order chi connectivity index (χ0) is 17.7. The van der Waals surface area contributed by atoms with E-state index in [1.54, 1.807) is 12.3 Å². The monoisotopic (exact) mass is 345 g/mol. The molecule has 1 saturated carbocycles. The number of piperidine rings is 1. The number of para-hydroxylation sites is 1. The van der Waals surface area contributed by atoms with Crippen LogP contribution >= 0.6 is 0 Å². The van der Waals surface area contributed by atoms with E-state index in [1.807, 2.05) is 25.3 Å². The van der Waals surface area contributed by atoms with Crippen molar-refractivity contribution in [3.05, 3.63) is 41.9 Å². The highest BCUT2D eigenvalue weighted by molar-refractivity contribution is 5.97. The van der Waals surface area contributed by atoms with Crippen LogP contribution in [-0.2, 0) is 0 Å². The van der Waals surface area contributed by atoms with Gasteiger partial charge in [0.05, 0.1) is 29.6 Å². The number of rotatable bonds is 4. The number of nitrogens with zero attached hydrogens (tertiary/aromatic N) is 3. The summed E-state index contributed by atoms with van der Waals surface area (Å²) in [7, 11) is 0. The Morgan fingerprint density at radius 1 is 1.31 bits per heavy atom. The minimum absolute atomic E-state index is 0.615. The average Bonchev–Trinajstić information content (AvgIpc) is 3.04. The van der Waals surface area contributed by atoms with E-state index < -0.39 is 0 Å². The molecule has 0 radical (unpaired) electrons. The van der Waals surface area contributed by atoms with Crippen molar-refractivity contribution in [2.45, 2.75) is 6.92 Å². The summed E-state index contributed by atoms with van der Waals surface area (Å²) in [6.45, 7) is 4.89. The standard InChI is InChI=1S/C20H19N5O/c1-11-20(26-10-17-14-6-22-7-15(14)17)24-9-18(25-11)16-8-23-19-12(5-21)3-2-4-13(16)19/h2-4,8-9,14-15,17,22-23H,6-7,10H2,1H3/t14-,15+,17+. The van der Waals surface area contributed by atoms with E-state index in [4.69, 9.17) is 4.74 Å². The second-order valence-corrected chi connectivity index (χ2v) is 7.15. The van der Waals surface area contributed by atoms with Crippen molar-refractivity contribution in [1.82, 2.24) is 20.3 Å². The lowest BCUT2D eigenvalue weighted by molar-refractivity contribution is 0.267. The Morgan fingerprint density at radius 2 is 2.15 bits per heavy atom. The number of aromatic amines is 1. The highest BCUT2D eigenvalue weighted by Gasteiger charge is 2.53. The first-order valence-electron chi connectivity index (χ1n) is 8.94. The van der Waals surface area contributed by atoms with Gasteiger partial charge in [-0.15, -0.1) is 0 Å². The van der Waals surface area contributed by atoms with Gasteiger partial charge in [-0.05, 0) is 37.9 Å². The molecule has 130 valence electrons. The zero-order valence-electron chi connectivity index (χ0n) is 14.5. The number of nitrogens with one attached hydrogen (secondary N) is 2. The molecule has 0 bridgehead atoms. The van der Waals surface area contributed by atoms with E-state index in [0.29, 0.717) is 17.4 Å². The van der Waals surface area contributed by atoms with Crippen LogP contribution in [-0.4, -0.2) is 34.6 Å². The van der Waals surface area contributed by atoms with Crippen molar-refractivity contribution in [3.63, 3.8) is 0 Å². The fourth-order valence-electron chi connectivity index (χ4n) is 4.17. The summed E-state index contributed by atoms with van der Waals surface area (Å²) in [5.41, 5.74) is 3.98. The summed E-state index contributed by atoms with van der Waals surface area (Å²) in [5.74, 6) is 2.84. The van der Waals surface area contributed by atoms with Crippen molar-refractivity contribution < 1.29 is 4.74 Å². The van der Waals surface area contributed by atoms with Crippen LogP contribution in [0.4, 0.5) is 0 Å². The van der Waals surface area contributed by atoms with Crippen LogP contribution < -0.4 is 10.1 Å².